The molecule has 4 heterocycles. The van der Waals surface area contributed by atoms with Crippen molar-refractivity contribution in [2.75, 3.05) is 17.5 Å². The molecule has 0 bridgehead atoms. The first-order valence-electron chi connectivity index (χ1n) is 13.2. The highest BCUT2D eigenvalue weighted by molar-refractivity contribution is 9.09. The summed E-state index contributed by atoms with van der Waals surface area (Å²) in [4.78, 5) is 55.4. The summed E-state index contributed by atoms with van der Waals surface area (Å²) in [5.41, 5.74) is -1.05. The fourth-order valence-corrected chi connectivity index (χ4v) is 8.52. The first-order chi connectivity index (χ1) is 20.6. The molecular weight excluding hydrogens is 720 g/mol. The Morgan fingerprint density at radius 1 is 1.11 bits per heavy atom. The van der Waals surface area contributed by atoms with Crippen LogP contribution in [0.4, 0.5) is 19.0 Å². The largest absolute Gasteiger partial charge is 0.463 e. The van der Waals surface area contributed by atoms with Crippen LogP contribution in [-0.4, -0.2) is 65.9 Å². The molecule has 0 spiro atoms. The molecule has 2 aliphatic heterocycles. The van der Waals surface area contributed by atoms with Gasteiger partial charge in [-0.1, -0.05) is 39.2 Å². The fourth-order valence-electron chi connectivity index (χ4n) is 6.89. The van der Waals surface area contributed by atoms with E-state index in [0.717, 1.165) is 16.0 Å². The average molecular weight is 741 g/mol. The molecule has 2 aliphatic carbocycles. The van der Waals surface area contributed by atoms with E-state index in [4.69, 9.17) is 39.2 Å². The Morgan fingerprint density at radius 3 is 2.43 bits per heavy atom. The summed E-state index contributed by atoms with van der Waals surface area (Å²) in [5, 5.41) is 11.0. The van der Waals surface area contributed by atoms with Crippen LogP contribution in [0.15, 0.2) is 40.3 Å². The molecule has 2 saturated heterocycles. The van der Waals surface area contributed by atoms with E-state index in [1.54, 1.807) is 6.08 Å². The van der Waals surface area contributed by atoms with Crippen LogP contribution in [0, 0.1) is 17.8 Å². The number of hydrogen-bond donors (Lipinski definition) is 1. The lowest BCUT2D eigenvalue weighted by Gasteiger charge is -2.49. The molecule has 2 aromatic heterocycles. The number of hydrazine groups is 1. The Balaban J connectivity index is 1.45. The molecule has 10 nitrogen and oxygen atoms in total. The highest BCUT2D eigenvalue weighted by Crippen LogP contribution is 2.65. The lowest BCUT2D eigenvalue weighted by Crippen LogP contribution is -2.60. The highest BCUT2D eigenvalue weighted by atomic mass is 79.9. The molecular formula is C27H21BrCl3F3N4O6. The number of allylic oxidation sites excluding steroid dienone is 2. The zero-order valence-electron chi connectivity index (χ0n) is 22.4. The first-order valence-corrected chi connectivity index (χ1v) is 15.4. The van der Waals surface area contributed by atoms with E-state index in [-0.39, 0.29) is 34.8 Å². The molecule has 4 aliphatic rings. The number of imide groups is 2. The second-order valence-electron chi connectivity index (χ2n) is 11.0. The predicted molar refractivity (Wildman–Crippen MR) is 152 cm³/mol. The zero-order valence-corrected chi connectivity index (χ0v) is 26.3. The van der Waals surface area contributed by atoms with Crippen LogP contribution in [0.3, 0.4) is 0 Å². The van der Waals surface area contributed by atoms with Gasteiger partial charge in [-0.25, -0.2) is 4.98 Å². The molecule has 0 radical (unpaired) electrons. The molecule has 234 valence electrons. The van der Waals surface area contributed by atoms with Crippen LogP contribution in [0.2, 0.25) is 5.02 Å². The minimum Gasteiger partial charge on any atom is -0.463 e. The number of fused-ring (bicyclic) bond motifs is 4. The lowest BCUT2D eigenvalue weighted by molar-refractivity contribution is -0.142. The van der Waals surface area contributed by atoms with Gasteiger partial charge in [0.1, 0.15) is 23.8 Å². The summed E-state index contributed by atoms with van der Waals surface area (Å²) in [7, 11) is 1.19. The van der Waals surface area contributed by atoms with Crippen LogP contribution in [0.25, 0.3) is 0 Å². The Bertz CT molecular complexity index is 1650. The van der Waals surface area contributed by atoms with Crippen LogP contribution in [0.1, 0.15) is 36.0 Å². The number of aromatic nitrogens is 1. The van der Waals surface area contributed by atoms with Crippen LogP contribution >= 0.6 is 50.7 Å². The first kappa shape index (κ1) is 31.3. The number of nitrogens with zero attached hydrogens (tertiary/aromatic N) is 4. The number of carbonyl (C=O) groups is 4. The zero-order chi connectivity index (χ0) is 32.1. The number of aliphatic hydroxyl groups is 1. The highest BCUT2D eigenvalue weighted by Gasteiger charge is 2.77. The van der Waals surface area contributed by atoms with E-state index in [0.29, 0.717) is 16.6 Å². The van der Waals surface area contributed by atoms with Crippen molar-refractivity contribution in [2.45, 2.75) is 41.3 Å². The number of furan rings is 1. The number of aliphatic hydroxyl groups excluding tert-OH is 1. The summed E-state index contributed by atoms with van der Waals surface area (Å²) >= 11 is 23.5. The van der Waals surface area contributed by atoms with Gasteiger partial charge in [0.2, 0.25) is 0 Å². The van der Waals surface area contributed by atoms with E-state index in [1.807, 2.05) is 0 Å². The molecule has 44 heavy (non-hydrogen) atoms. The number of likely N-dealkylation sites (tertiary alicyclic amines) is 1. The number of carbonyl (C=O) groups excluding carboxylic acids is 4. The summed E-state index contributed by atoms with van der Waals surface area (Å²) in [5.74, 6) is -7.46. The van der Waals surface area contributed by atoms with Crippen LogP contribution in [-0.2, 0) is 32.0 Å². The van der Waals surface area contributed by atoms with E-state index in [9.17, 15) is 37.5 Å². The van der Waals surface area contributed by atoms with Gasteiger partial charge in [0.25, 0.3) is 23.6 Å². The number of pyridine rings is 1. The van der Waals surface area contributed by atoms with Gasteiger partial charge in [-0.2, -0.15) is 18.2 Å². The Labute approximate surface area is 270 Å². The predicted octanol–water partition coefficient (Wildman–Crippen LogP) is 4.60. The van der Waals surface area contributed by atoms with Gasteiger partial charge in [-0.15, -0.1) is 23.2 Å². The molecule has 1 N–H and O–H groups in total. The normalized spacial score (nSPS) is 31.7. The van der Waals surface area contributed by atoms with Crippen molar-refractivity contribution in [3.05, 3.63) is 58.2 Å². The smallest absolute Gasteiger partial charge is 0.433 e. The quantitative estimate of drug-likeness (QED) is 0.204. The molecule has 4 amide bonds. The molecule has 3 fully saturated rings. The molecule has 6 atom stereocenters. The van der Waals surface area contributed by atoms with Crippen LogP contribution < -0.4 is 5.01 Å². The fraction of sp³-hybridized carbons (Fsp3) is 0.444. The number of rotatable bonds is 5. The van der Waals surface area contributed by atoms with Gasteiger partial charge in [-0.3, -0.25) is 29.1 Å². The monoisotopic (exact) mass is 738 g/mol. The van der Waals surface area contributed by atoms with E-state index >= 15 is 0 Å². The molecule has 0 aromatic carbocycles. The van der Waals surface area contributed by atoms with Gasteiger partial charge in [0, 0.05) is 7.05 Å². The van der Waals surface area contributed by atoms with Gasteiger partial charge in [0.15, 0.2) is 15.6 Å². The van der Waals surface area contributed by atoms with E-state index in [2.05, 4.69) is 20.9 Å². The summed E-state index contributed by atoms with van der Waals surface area (Å²) in [6.45, 7) is -0.470. The summed E-state index contributed by atoms with van der Waals surface area (Å²) in [6.07, 6.45) is -3.45. The summed E-state index contributed by atoms with van der Waals surface area (Å²) < 4.78 is 46.1. The third kappa shape index (κ3) is 4.13. The standard InChI is InChI=1S/C27H21BrCl3F3N4O6/c1-36(20-15(29)5-7-17(35-20)27(32,33)34)38-21(40)13-4-3-12-14(18(13)22(38)41)8-25(30)23(42)37(10-28)24(43)26(25,31)19(12)16-6-2-11(9-39)44-16/h2-3,5-7,13-14,18-19,39H,4,8-10H2,1H3/t13-,14+,18-,19+,25+,26-/m0/s1. The van der Waals surface area contributed by atoms with Gasteiger partial charge < -0.3 is 9.52 Å². The minimum atomic E-state index is -4.82. The number of halogens is 7. The van der Waals surface area contributed by atoms with Crippen molar-refractivity contribution in [2.24, 2.45) is 17.8 Å². The van der Waals surface area contributed by atoms with Crippen molar-refractivity contribution in [3.63, 3.8) is 0 Å². The number of alkyl halides is 6. The maximum atomic E-state index is 14.1. The van der Waals surface area contributed by atoms with Gasteiger partial charge in [-0.05, 0) is 43.0 Å². The molecule has 17 heteroatoms. The third-order valence-corrected chi connectivity index (χ3v) is 11.0. The second kappa shape index (κ2) is 10.4. The van der Waals surface area contributed by atoms with Crippen molar-refractivity contribution in [1.29, 1.82) is 0 Å². The van der Waals surface area contributed by atoms with Gasteiger partial charge >= 0.3 is 6.18 Å². The summed E-state index contributed by atoms with van der Waals surface area (Å²) in [6, 6.07) is 4.60. The number of anilines is 1. The van der Waals surface area contributed by atoms with Crippen molar-refractivity contribution < 1.29 is 41.9 Å². The Morgan fingerprint density at radius 2 is 1.82 bits per heavy atom. The van der Waals surface area contributed by atoms with Crippen molar-refractivity contribution in [1.82, 2.24) is 14.9 Å². The van der Waals surface area contributed by atoms with Crippen molar-refractivity contribution >= 4 is 80.2 Å². The van der Waals surface area contributed by atoms with E-state index in [1.165, 1.54) is 19.2 Å². The Hall–Kier alpha value is -2.65. The Kier molecular flexibility index (Phi) is 7.44. The number of hydrogen-bond acceptors (Lipinski definition) is 8. The maximum Gasteiger partial charge on any atom is 0.433 e. The molecule has 1 saturated carbocycles. The second-order valence-corrected chi connectivity index (χ2v) is 13.1. The van der Waals surface area contributed by atoms with Crippen molar-refractivity contribution in [3.8, 4) is 0 Å². The number of amides is 4. The molecule has 6 rings (SSSR count). The molecule has 0 unspecified atom stereocenters. The average Bonchev–Trinajstić information content (AvgIpc) is 3.58. The maximum absolute atomic E-state index is 14.1. The third-order valence-electron chi connectivity index (χ3n) is 8.84. The lowest BCUT2D eigenvalue weighted by atomic mass is 9.57. The molecule has 2 aromatic rings. The topological polar surface area (TPSA) is 124 Å². The van der Waals surface area contributed by atoms with Crippen LogP contribution in [0.5, 0.6) is 0 Å². The van der Waals surface area contributed by atoms with Gasteiger partial charge in [0.05, 0.1) is 28.2 Å². The SMILES string of the molecule is CN(c1nc(C(F)(F)F)ccc1Cl)N1C(=O)[C@H]2[C@H](CC=C3[C@H]2C[C@@]2(Cl)C(=O)N(CBr)C(=O)[C@@]2(Cl)[C@H]3c2ccc(CO)o2)C1=O. The minimum absolute atomic E-state index is 0.00573. The van der Waals surface area contributed by atoms with E-state index < -0.39 is 81.3 Å².